The van der Waals surface area contributed by atoms with E-state index >= 15 is 0 Å². The van der Waals surface area contributed by atoms with Crippen LogP contribution in [0.4, 0.5) is 0 Å². The number of benzene rings is 4. The van der Waals surface area contributed by atoms with Crippen LogP contribution in [-0.2, 0) is 5.41 Å². The zero-order valence-corrected chi connectivity index (χ0v) is 19.4. The molecule has 5 aromatic rings. The summed E-state index contributed by atoms with van der Waals surface area (Å²) >= 11 is 0. The van der Waals surface area contributed by atoms with Gasteiger partial charge in [-0.2, -0.15) is 0 Å². The Morgan fingerprint density at radius 2 is 1.27 bits per heavy atom. The minimum absolute atomic E-state index is 0.123. The minimum Gasteiger partial charge on any atom is -0.292 e. The van der Waals surface area contributed by atoms with E-state index in [1.54, 1.807) is 0 Å². The maximum Gasteiger partial charge on any atom is 0.145 e. The van der Waals surface area contributed by atoms with Gasteiger partial charge in [-0.05, 0) is 51.9 Å². The van der Waals surface area contributed by atoms with Gasteiger partial charge in [-0.25, -0.2) is 4.98 Å². The predicted molar refractivity (Wildman–Crippen MR) is 141 cm³/mol. The first-order valence-corrected chi connectivity index (χ1v) is 11.4. The van der Waals surface area contributed by atoms with E-state index in [2.05, 4.69) is 123 Å². The van der Waals surface area contributed by atoms with E-state index in [-0.39, 0.29) is 5.41 Å². The number of hydrogen-bond acceptors (Lipinski definition) is 1. The maximum absolute atomic E-state index is 5.01. The van der Waals surface area contributed by atoms with Crippen LogP contribution in [0.5, 0.6) is 0 Å². The van der Waals surface area contributed by atoms with E-state index in [0.29, 0.717) is 0 Å². The van der Waals surface area contributed by atoms with Crippen molar-refractivity contribution in [3.05, 3.63) is 115 Å². The molecule has 162 valence electrons. The molecule has 0 bridgehead atoms. The molecule has 33 heavy (non-hydrogen) atoms. The van der Waals surface area contributed by atoms with Crippen molar-refractivity contribution in [3.63, 3.8) is 0 Å². The summed E-state index contributed by atoms with van der Waals surface area (Å²) in [7, 11) is 0. The van der Waals surface area contributed by atoms with Gasteiger partial charge in [-0.15, -0.1) is 0 Å². The monoisotopic (exact) mass is 428 g/mol. The first-order valence-electron chi connectivity index (χ1n) is 11.4. The third-order valence-corrected chi connectivity index (χ3v) is 6.18. The molecule has 0 fully saturated rings. The van der Waals surface area contributed by atoms with Crippen molar-refractivity contribution in [1.29, 1.82) is 0 Å². The molecule has 0 saturated heterocycles. The van der Waals surface area contributed by atoms with E-state index in [4.69, 9.17) is 4.98 Å². The van der Waals surface area contributed by atoms with Crippen molar-refractivity contribution in [2.75, 3.05) is 0 Å². The van der Waals surface area contributed by atoms with Crippen LogP contribution in [0.2, 0.25) is 0 Å². The molecule has 0 aliphatic rings. The fourth-order valence-corrected chi connectivity index (χ4v) is 4.21. The zero-order chi connectivity index (χ0) is 23.0. The SMILES string of the molecule is C=Cc1ccc(-c2ccc(-c3nc4ccccc4n3-c3ccc(C(C)(C)C)cc3)cc2)cc1. The van der Waals surface area contributed by atoms with Crippen LogP contribution in [0.1, 0.15) is 31.9 Å². The number of fused-ring (bicyclic) bond motifs is 1. The van der Waals surface area contributed by atoms with Gasteiger partial charge in [-0.1, -0.05) is 106 Å². The number of para-hydroxylation sites is 2. The molecule has 0 amide bonds. The van der Waals surface area contributed by atoms with Gasteiger partial charge >= 0.3 is 0 Å². The van der Waals surface area contributed by atoms with E-state index < -0.39 is 0 Å². The normalized spacial score (nSPS) is 11.6. The van der Waals surface area contributed by atoms with Gasteiger partial charge in [0.1, 0.15) is 5.82 Å². The average molecular weight is 429 g/mol. The molecule has 0 unspecified atom stereocenters. The largest absolute Gasteiger partial charge is 0.292 e. The lowest BCUT2D eigenvalue weighted by atomic mass is 9.87. The van der Waals surface area contributed by atoms with E-state index in [1.165, 1.54) is 16.7 Å². The Bertz CT molecular complexity index is 1410. The Morgan fingerprint density at radius 1 is 0.697 bits per heavy atom. The molecule has 4 aromatic carbocycles. The molecule has 0 aliphatic carbocycles. The van der Waals surface area contributed by atoms with Gasteiger partial charge in [0.25, 0.3) is 0 Å². The fourth-order valence-electron chi connectivity index (χ4n) is 4.21. The van der Waals surface area contributed by atoms with Crippen LogP contribution in [0.25, 0.3) is 45.3 Å². The summed E-state index contributed by atoms with van der Waals surface area (Å²) in [6, 6.07) is 34.3. The topological polar surface area (TPSA) is 17.8 Å². The second-order valence-corrected chi connectivity index (χ2v) is 9.46. The van der Waals surface area contributed by atoms with Crippen molar-refractivity contribution in [2.45, 2.75) is 26.2 Å². The summed E-state index contributed by atoms with van der Waals surface area (Å²) in [5.41, 5.74) is 9.28. The second-order valence-electron chi connectivity index (χ2n) is 9.46. The molecule has 2 heteroatoms. The first kappa shape index (κ1) is 21.0. The lowest BCUT2D eigenvalue weighted by Crippen LogP contribution is -2.11. The number of rotatable bonds is 4. The van der Waals surface area contributed by atoms with Crippen LogP contribution in [0, 0.1) is 0 Å². The molecule has 0 spiro atoms. The lowest BCUT2D eigenvalue weighted by Gasteiger charge is -2.19. The van der Waals surface area contributed by atoms with Crippen LogP contribution in [0.3, 0.4) is 0 Å². The van der Waals surface area contributed by atoms with Crippen molar-refractivity contribution in [3.8, 4) is 28.2 Å². The molecule has 0 N–H and O–H groups in total. The molecule has 0 atom stereocenters. The third kappa shape index (κ3) is 4.01. The van der Waals surface area contributed by atoms with Gasteiger partial charge in [0.05, 0.1) is 11.0 Å². The highest BCUT2D eigenvalue weighted by molar-refractivity contribution is 5.83. The number of nitrogens with zero attached hydrogens (tertiary/aromatic N) is 2. The van der Waals surface area contributed by atoms with Crippen LogP contribution >= 0.6 is 0 Å². The van der Waals surface area contributed by atoms with Gasteiger partial charge in [0, 0.05) is 11.3 Å². The average Bonchev–Trinajstić information content (AvgIpc) is 3.23. The maximum atomic E-state index is 5.01. The van der Waals surface area contributed by atoms with Crippen molar-refractivity contribution < 1.29 is 0 Å². The van der Waals surface area contributed by atoms with Gasteiger partial charge in [0.15, 0.2) is 0 Å². The summed E-state index contributed by atoms with van der Waals surface area (Å²) in [6.07, 6.45) is 1.87. The van der Waals surface area contributed by atoms with Crippen LogP contribution in [-0.4, -0.2) is 9.55 Å². The van der Waals surface area contributed by atoms with Gasteiger partial charge < -0.3 is 0 Å². The molecule has 0 saturated carbocycles. The molecule has 1 heterocycles. The number of aromatic nitrogens is 2. The Hall–Kier alpha value is -3.91. The minimum atomic E-state index is 0.123. The summed E-state index contributed by atoms with van der Waals surface area (Å²) in [5.74, 6) is 0.952. The van der Waals surface area contributed by atoms with E-state index in [1.807, 2.05) is 12.1 Å². The Balaban J connectivity index is 1.59. The first-order chi connectivity index (χ1) is 15.9. The Morgan fingerprint density at radius 3 is 1.88 bits per heavy atom. The second kappa shape index (κ2) is 8.22. The quantitative estimate of drug-likeness (QED) is 0.281. The molecular formula is C31H28N2. The summed E-state index contributed by atoms with van der Waals surface area (Å²) in [4.78, 5) is 5.01. The van der Waals surface area contributed by atoms with Crippen molar-refractivity contribution in [2.24, 2.45) is 0 Å². The number of imidazole rings is 1. The summed E-state index contributed by atoms with van der Waals surface area (Å²) in [6.45, 7) is 10.6. The molecule has 2 nitrogen and oxygen atoms in total. The standard InChI is InChI=1S/C31H28N2/c1-5-22-10-12-23(13-11-22)24-14-16-25(17-15-24)30-32-28-8-6-7-9-29(28)33(30)27-20-18-26(19-21-27)31(2,3)4/h5-21H,1H2,2-4H3. The van der Waals surface area contributed by atoms with Gasteiger partial charge in [0.2, 0.25) is 0 Å². The highest BCUT2D eigenvalue weighted by Crippen LogP contribution is 2.31. The van der Waals surface area contributed by atoms with E-state index in [0.717, 1.165) is 33.7 Å². The van der Waals surface area contributed by atoms with Crippen molar-refractivity contribution in [1.82, 2.24) is 9.55 Å². The van der Waals surface area contributed by atoms with Crippen molar-refractivity contribution >= 4 is 17.1 Å². The van der Waals surface area contributed by atoms with Gasteiger partial charge in [-0.3, -0.25) is 4.57 Å². The Labute approximate surface area is 195 Å². The summed E-state index contributed by atoms with van der Waals surface area (Å²) < 4.78 is 2.26. The van der Waals surface area contributed by atoms with Crippen LogP contribution in [0.15, 0.2) is 104 Å². The highest BCUT2D eigenvalue weighted by atomic mass is 15.1. The lowest BCUT2D eigenvalue weighted by molar-refractivity contribution is 0.590. The summed E-state index contributed by atoms with van der Waals surface area (Å²) in [5, 5.41) is 0. The molecule has 0 radical (unpaired) electrons. The Kier molecular flexibility index (Phi) is 5.22. The zero-order valence-electron chi connectivity index (χ0n) is 19.4. The predicted octanol–water partition coefficient (Wildman–Crippen LogP) is 8.30. The molecule has 1 aromatic heterocycles. The fraction of sp³-hybridized carbons (Fsp3) is 0.129. The smallest absolute Gasteiger partial charge is 0.145 e. The third-order valence-electron chi connectivity index (χ3n) is 6.18. The molecule has 5 rings (SSSR count). The molecular weight excluding hydrogens is 400 g/mol. The van der Waals surface area contributed by atoms with E-state index in [9.17, 15) is 0 Å². The highest BCUT2D eigenvalue weighted by Gasteiger charge is 2.17. The van der Waals surface area contributed by atoms with Crippen LogP contribution < -0.4 is 0 Å². The molecule has 0 aliphatic heterocycles. The number of hydrogen-bond donors (Lipinski definition) is 0.